The number of benzene rings is 1. The van der Waals surface area contributed by atoms with Crippen molar-refractivity contribution < 1.29 is 14.6 Å². The van der Waals surface area contributed by atoms with E-state index in [4.69, 9.17) is 4.74 Å². The molecule has 0 heterocycles. The van der Waals surface area contributed by atoms with E-state index in [1.54, 1.807) is 6.07 Å². The third-order valence-electron chi connectivity index (χ3n) is 2.53. The van der Waals surface area contributed by atoms with Crippen molar-refractivity contribution in [3.8, 4) is 11.5 Å². The Kier molecular flexibility index (Phi) is 5.98. The molecule has 2 N–H and O–H groups in total. The molecule has 0 aliphatic heterocycles. The summed E-state index contributed by atoms with van der Waals surface area (Å²) in [5, 5.41) is 12.4. The summed E-state index contributed by atoms with van der Waals surface area (Å²) in [5.74, 6) is 0.198. The van der Waals surface area contributed by atoms with Gasteiger partial charge in [-0.3, -0.25) is 4.79 Å². The van der Waals surface area contributed by atoms with Crippen LogP contribution in [0.3, 0.4) is 0 Å². The monoisotopic (exact) mass is 315 g/mol. The number of amides is 1. The van der Waals surface area contributed by atoms with Crippen LogP contribution in [0, 0.1) is 0 Å². The number of ether oxygens (including phenoxy) is 1. The molecule has 100 valence electrons. The number of nitrogens with one attached hydrogen (secondary N) is 1. The van der Waals surface area contributed by atoms with E-state index in [0.717, 1.165) is 12.8 Å². The molecule has 1 amide bonds. The molecule has 4 nitrogen and oxygen atoms in total. The maximum Gasteiger partial charge on any atom is 0.255 e. The van der Waals surface area contributed by atoms with Gasteiger partial charge in [0.1, 0.15) is 11.5 Å². The molecule has 0 saturated carbocycles. The molecular weight excluding hydrogens is 298 g/mol. The topological polar surface area (TPSA) is 58.6 Å². The second-order valence-electron chi connectivity index (χ2n) is 3.98. The molecule has 5 heteroatoms. The summed E-state index contributed by atoms with van der Waals surface area (Å²) in [6.45, 7) is 2.62. The average Bonchev–Trinajstić information content (AvgIpc) is 2.37. The summed E-state index contributed by atoms with van der Waals surface area (Å²) < 4.78 is 5.02. The highest BCUT2D eigenvalue weighted by Crippen LogP contribution is 2.22. The van der Waals surface area contributed by atoms with E-state index in [-0.39, 0.29) is 22.0 Å². The van der Waals surface area contributed by atoms with E-state index in [1.165, 1.54) is 19.2 Å². The lowest BCUT2D eigenvalue weighted by Gasteiger charge is -2.11. The van der Waals surface area contributed by atoms with Gasteiger partial charge in [-0.15, -0.1) is 0 Å². The van der Waals surface area contributed by atoms with Gasteiger partial charge in [-0.1, -0.05) is 29.3 Å². The molecule has 0 radical (unpaired) electrons. The van der Waals surface area contributed by atoms with E-state index in [0.29, 0.717) is 12.3 Å². The van der Waals surface area contributed by atoms with Gasteiger partial charge in [0.05, 0.1) is 12.7 Å². The van der Waals surface area contributed by atoms with Gasteiger partial charge in [-0.2, -0.15) is 0 Å². The first-order valence-electron chi connectivity index (χ1n) is 5.87. The number of halogens is 1. The molecule has 0 fully saturated rings. The van der Waals surface area contributed by atoms with Crippen molar-refractivity contribution in [1.82, 2.24) is 5.32 Å². The number of phenols is 1. The molecule has 0 aliphatic carbocycles. The number of carbonyl (C=O) groups excluding carboxylic acids is 1. The third-order valence-corrected chi connectivity index (χ3v) is 3.32. The smallest absolute Gasteiger partial charge is 0.255 e. The molecule has 1 aromatic carbocycles. The molecule has 0 saturated heterocycles. The molecule has 1 atom stereocenters. The minimum absolute atomic E-state index is 0.0464. The maximum absolute atomic E-state index is 11.9. The van der Waals surface area contributed by atoms with Crippen LogP contribution in [-0.2, 0) is 0 Å². The van der Waals surface area contributed by atoms with Crippen LogP contribution in [0.2, 0.25) is 0 Å². The first-order chi connectivity index (χ1) is 8.58. The Labute approximate surface area is 115 Å². The highest BCUT2D eigenvalue weighted by Gasteiger charge is 2.13. The zero-order valence-electron chi connectivity index (χ0n) is 10.6. The third kappa shape index (κ3) is 4.22. The SMILES string of the molecule is CCCC(Br)CNC(=O)c1cc(OC)ccc1O. The average molecular weight is 316 g/mol. The molecule has 1 unspecified atom stereocenters. The van der Waals surface area contributed by atoms with Crippen molar-refractivity contribution in [1.29, 1.82) is 0 Å². The second-order valence-corrected chi connectivity index (χ2v) is 5.27. The van der Waals surface area contributed by atoms with Crippen LogP contribution in [-0.4, -0.2) is 29.5 Å². The van der Waals surface area contributed by atoms with Crippen LogP contribution < -0.4 is 10.1 Å². The van der Waals surface area contributed by atoms with Gasteiger partial charge < -0.3 is 15.2 Å². The Morgan fingerprint density at radius 3 is 2.89 bits per heavy atom. The van der Waals surface area contributed by atoms with Gasteiger partial charge in [0.2, 0.25) is 0 Å². The Morgan fingerprint density at radius 1 is 1.56 bits per heavy atom. The van der Waals surface area contributed by atoms with Gasteiger partial charge in [0.25, 0.3) is 5.91 Å². The van der Waals surface area contributed by atoms with Crippen LogP contribution in [0.5, 0.6) is 11.5 Å². The number of hydrogen-bond acceptors (Lipinski definition) is 3. The highest BCUT2D eigenvalue weighted by molar-refractivity contribution is 9.09. The standard InChI is InChI=1S/C13H18BrNO3/c1-3-4-9(14)8-15-13(17)11-7-10(18-2)5-6-12(11)16/h5-7,9,16H,3-4,8H2,1-2H3,(H,15,17). The van der Waals surface area contributed by atoms with E-state index in [9.17, 15) is 9.90 Å². The zero-order chi connectivity index (χ0) is 13.5. The predicted molar refractivity (Wildman–Crippen MR) is 74.6 cm³/mol. The van der Waals surface area contributed by atoms with Crippen molar-refractivity contribution in [2.24, 2.45) is 0 Å². The van der Waals surface area contributed by atoms with Gasteiger partial charge >= 0.3 is 0 Å². The van der Waals surface area contributed by atoms with E-state index in [2.05, 4.69) is 28.2 Å². The summed E-state index contributed by atoms with van der Waals surface area (Å²) in [6, 6.07) is 4.58. The van der Waals surface area contributed by atoms with Crippen molar-refractivity contribution in [3.05, 3.63) is 23.8 Å². The lowest BCUT2D eigenvalue weighted by molar-refractivity contribution is 0.0950. The first-order valence-corrected chi connectivity index (χ1v) is 6.79. The predicted octanol–water partition coefficient (Wildman–Crippen LogP) is 2.69. The molecular formula is C13H18BrNO3. The zero-order valence-corrected chi connectivity index (χ0v) is 12.2. The Balaban J connectivity index is 2.66. The van der Waals surface area contributed by atoms with Crippen LogP contribution in [0.4, 0.5) is 0 Å². The number of alkyl halides is 1. The molecule has 0 aliphatic rings. The Hall–Kier alpha value is -1.23. The Morgan fingerprint density at radius 2 is 2.28 bits per heavy atom. The molecule has 18 heavy (non-hydrogen) atoms. The molecule has 1 rings (SSSR count). The van der Waals surface area contributed by atoms with Gasteiger partial charge in [-0.25, -0.2) is 0 Å². The number of hydrogen-bond donors (Lipinski definition) is 2. The summed E-state index contributed by atoms with van der Waals surface area (Å²) in [6.07, 6.45) is 2.04. The number of methoxy groups -OCH3 is 1. The van der Waals surface area contributed by atoms with Gasteiger partial charge in [-0.05, 0) is 24.6 Å². The van der Waals surface area contributed by atoms with Gasteiger partial charge in [0.15, 0.2) is 0 Å². The maximum atomic E-state index is 11.9. The molecule has 0 aromatic heterocycles. The summed E-state index contributed by atoms with van der Waals surface area (Å²) >= 11 is 3.48. The molecule has 0 bridgehead atoms. The summed E-state index contributed by atoms with van der Waals surface area (Å²) in [4.78, 5) is 12.1. The fourth-order valence-electron chi connectivity index (χ4n) is 1.54. The largest absolute Gasteiger partial charge is 0.507 e. The minimum Gasteiger partial charge on any atom is -0.507 e. The van der Waals surface area contributed by atoms with E-state index < -0.39 is 0 Å². The quantitative estimate of drug-likeness (QED) is 0.793. The van der Waals surface area contributed by atoms with Crippen LogP contribution in [0.1, 0.15) is 30.1 Å². The normalized spacial score (nSPS) is 11.9. The van der Waals surface area contributed by atoms with Crippen LogP contribution in [0.25, 0.3) is 0 Å². The highest BCUT2D eigenvalue weighted by atomic mass is 79.9. The fraction of sp³-hybridized carbons (Fsp3) is 0.462. The first kappa shape index (κ1) is 14.8. The Bertz CT molecular complexity index is 409. The van der Waals surface area contributed by atoms with E-state index >= 15 is 0 Å². The van der Waals surface area contributed by atoms with Crippen molar-refractivity contribution in [2.75, 3.05) is 13.7 Å². The number of aromatic hydroxyl groups is 1. The number of rotatable bonds is 6. The van der Waals surface area contributed by atoms with E-state index in [1.807, 2.05) is 0 Å². The van der Waals surface area contributed by atoms with Gasteiger partial charge in [0, 0.05) is 11.4 Å². The minimum atomic E-state index is -0.299. The number of phenolic OH excluding ortho intramolecular Hbond substituents is 1. The number of carbonyl (C=O) groups is 1. The van der Waals surface area contributed by atoms with Crippen molar-refractivity contribution in [3.63, 3.8) is 0 Å². The molecule has 0 spiro atoms. The lowest BCUT2D eigenvalue weighted by Crippen LogP contribution is -2.29. The lowest BCUT2D eigenvalue weighted by atomic mass is 10.1. The summed E-state index contributed by atoms with van der Waals surface area (Å²) in [7, 11) is 1.52. The van der Waals surface area contributed by atoms with Crippen LogP contribution in [0.15, 0.2) is 18.2 Å². The summed E-state index contributed by atoms with van der Waals surface area (Å²) in [5.41, 5.74) is 0.227. The fourth-order valence-corrected chi connectivity index (χ4v) is 2.16. The molecule has 1 aromatic rings. The van der Waals surface area contributed by atoms with Crippen molar-refractivity contribution in [2.45, 2.75) is 24.6 Å². The van der Waals surface area contributed by atoms with Crippen LogP contribution >= 0.6 is 15.9 Å². The van der Waals surface area contributed by atoms with Crippen molar-refractivity contribution >= 4 is 21.8 Å². The second kappa shape index (κ2) is 7.26.